The maximum atomic E-state index is 12.4. The normalized spacial score (nSPS) is 28.3. The Hall–Kier alpha value is -2.32. The first-order chi connectivity index (χ1) is 14.1. The lowest BCUT2D eigenvalue weighted by molar-refractivity contribution is -0.435. The van der Waals surface area contributed by atoms with Crippen LogP contribution in [0.2, 0.25) is 0 Å². The fourth-order valence-corrected chi connectivity index (χ4v) is 3.29. The molecule has 154 valence electrons. The van der Waals surface area contributed by atoms with Crippen LogP contribution >= 0.6 is 0 Å². The lowest BCUT2D eigenvalue weighted by Gasteiger charge is -2.28. The van der Waals surface area contributed by atoms with Gasteiger partial charge in [0.1, 0.15) is 5.69 Å². The van der Waals surface area contributed by atoms with E-state index in [4.69, 9.17) is 18.9 Å². The molecule has 2 aliphatic heterocycles. The van der Waals surface area contributed by atoms with Crippen molar-refractivity contribution >= 4 is 11.4 Å². The first kappa shape index (κ1) is 20.0. The van der Waals surface area contributed by atoms with Crippen molar-refractivity contribution in [2.24, 2.45) is 5.11 Å². The third-order valence-electron chi connectivity index (χ3n) is 5.06. The molecule has 0 spiro atoms. The van der Waals surface area contributed by atoms with Crippen LogP contribution in [0.15, 0.2) is 53.6 Å². The zero-order chi connectivity index (χ0) is 20.2. The molecular formula is C22H26N2O5. The van der Waals surface area contributed by atoms with Crippen molar-refractivity contribution < 1.29 is 23.8 Å². The fraction of sp³-hybridized carbons (Fsp3) is 0.455. The predicted molar refractivity (Wildman–Crippen MR) is 106 cm³/mol. The van der Waals surface area contributed by atoms with Gasteiger partial charge in [-0.3, -0.25) is 0 Å². The fourth-order valence-electron chi connectivity index (χ4n) is 3.29. The van der Waals surface area contributed by atoms with Gasteiger partial charge in [0.05, 0.1) is 25.4 Å². The molecule has 29 heavy (non-hydrogen) atoms. The highest BCUT2D eigenvalue weighted by Crippen LogP contribution is 2.29. The Balaban J connectivity index is 1.42. The van der Waals surface area contributed by atoms with E-state index in [9.17, 15) is 5.21 Å². The van der Waals surface area contributed by atoms with Crippen LogP contribution in [0.5, 0.6) is 0 Å². The first-order valence-corrected chi connectivity index (χ1v) is 10.0. The zero-order valence-corrected chi connectivity index (χ0v) is 16.7. The van der Waals surface area contributed by atoms with Crippen LogP contribution < -0.4 is 0 Å². The third-order valence-corrected chi connectivity index (χ3v) is 5.06. The van der Waals surface area contributed by atoms with Gasteiger partial charge < -0.3 is 24.2 Å². The van der Waals surface area contributed by atoms with E-state index in [0.717, 1.165) is 24.0 Å². The Labute approximate surface area is 170 Å². The second-order valence-corrected chi connectivity index (χ2v) is 7.43. The molecule has 7 nitrogen and oxygen atoms in total. The highest BCUT2D eigenvalue weighted by Gasteiger charge is 2.22. The minimum Gasteiger partial charge on any atom is -0.594 e. The SMILES string of the molecule is CC1CCOC(c2ccc(N=[N+]([O-])c3ccc(C4OCCC(C)O4)cc3)cc2)O1. The minimum atomic E-state index is -0.385. The summed E-state index contributed by atoms with van der Waals surface area (Å²) in [5, 5.41) is 16.5. The van der Waals surface area contributed by atoms with Gasteiger partial charge in [0.25, 0.3) is 0 Å². The standard InChI is InChI=1S/C22H26N2O5/c1-15-11-13-26-21(28-15)17-3-7-19(8-4-17)23-24(25)20-9-5-18(6-10-20)22-27-14-12-16(2)29-22/h3-10,15-16,21-22H,11-14H2,1-2H3. The Morgan fingerprint density at radius 2 is 1.28 bits per heavy atom. The van der Waals surface area contributed by atoms with Gasteiger partial charge in [-0.15, -0.1) is 0 Å². The molecule has 0 aliphatic carbocycles. The summed E-state index contributed by atoms with van der Waals surface area (Å²) in [5.74, 6) is 0. The molecule has 0 radical (unpaired) electrons. The molecule has 0 bridgehead atoms. The monoisotopic (exact) mass is 398 g/mol. The second-order valence-electron chi connectivity index (χ2n) is 7.43. The van der Waals surface area contributed by atoms with Gasteiger partial charge in [0.15, 0.2) is 12.6 Å². The van der Waals surface area contributed by atoms with Crippen LogP contribution in [0.1, 0.15) is 50.4 Å². The first-order valence-electron chi connectivity index (χ1n) is 10.0. The number of ether oxygens (including phenoxy) is 4. The van der Waals surface area contributed by atoms with Crippen molar-refractivity contribution in [1.82, 2.24) is 0 Å². The van der Waals surface area contributed by atoms with Crippen LogP contribution in [0.3, 0.4) is 0 Å². The number of hydrogen-bond acceptors (Lipinski definition) is 6. The summed E-state index contributed by atoms with van der Waals surface area (Å²) in [7, 11) is 0. The Bertz CT molecular complexity index is 837. The number of hydrogen-bond donors (Lipinski definition) is 0. The summed E-state index contributed by atoms with van der Waals surface area (Å²) in [5.41, 5.74) is 2.80. The number of rotatable bonds is 4. The molecule has 2 aromatic rings. The van der Waals surface area contributed by atoms with Crippen LogP contribution in [0, 0.1) is 5.21 Å². The lowest BCUT2D eigenvalue weighted by atomic mass is 10.1. The van der Waals surface area contributed by atoms with Gasteiger partial charge in [0.2, 0.25) is 5.69 Å². The van der Waals surface area contributed by atoms with E-state index in [1.165, 1.54) is 0 Å². The van der Waals surface area contributed by atoms with Gasteiger partial charge in [-0.2, -0.15) is 0 Å². The molecular weight excluding hydrogens is 372 g/mol. The van der Waals surface area contributed by atoms with E-state index < -0.39 is 0 Å². The van der Waals surface area contributed by atoms with Crippen LogP contribution in [0.4, 0.5) is 11.4 Å². The van der Waals surface area contributed by atoms with Crippen molar-refractivity contribution in [3.63, 3.8) is 0 Å². The molecule has 0 aromatic heterocycles. The summed E-state index contributed by atoms with van der Waals surface area (Å²) >= 11 is 0. The van der Waals surface area contributed by atoms with E-state index >= 15 is 0 Å². The average Bonchev–Trinajstić information content (AvgIpc) is 2.74. The highest BCUT2D eigenvalue weighted by atomic mass is 16.7. The van der Waals surface area contributed by atoms with E-state index in [2.05, 4.69) is 5.11 Å². The maximum Gasteiger partial charge on any atom is 0.244 e. The van der Waals surface area contributed by atoms with Crippen molar-refractivity contribution in [2.75, 3.05) is 13.2 Å². The molecule has 4 unspecified atom stereocenters. The Kier molecular flexibility index (Phi) is 6.20. The van der Waals surface area contributed by atoms with E-state index in [0.29, 0.717) is 29.4 Å². The summed E-state index contributed by atoms with van der Waals surface area (Å²) in [6.45, 7) is 5.41. The molecule has 0 amide bonds. The molecule has 4 atom stereocenters. The van der Waals surface area contributed by atoms with Gasteiger partial charge >= 0.3 is 0 Å². The quantitative estimate of drug-likeness (QED) is 0.399. The minimum absolute atomic E-state index is 0.162. The highest BCUT2D eigenvalue weighted by molar-refractivity contribution is 5.39. The van der Waals surface area contributed by atoms with Gasteiger partial charge in [-0.05, 0) is 51.0 Å². The van der Waals surface area contributed by atoms with Crippen molar-refractivity contribution in [3.05, 3.63) is 64.9 Å². The summed E-state index contributed by atoms with van der Waals surface area (Å²) in [4.78, 5) is 0.611. The largest absolute Gasteiger partial charge is 0.594 e. The van der Waals surface area contributed by atoms with Crippen molar-refractivity contribution in [2.45, 2.75) is 51.5 Å². The predicted octanol–water partition coefficient (Wildman–Crippen LogP) is 5.26. The molecule has 4 rings (SSSR count). The number of nitrogens with zero attached hydrogens (tertiary/aromatic N) is 2. The molecule has 0 N–H and O–H groups in total. The molecule has 2 heterocycles. The number of benzene rings is 2. The smallest absolute Gasteiger partial charge is 0.244 e. The molecule has 2 aliphatic rings. The molecule has 7 heteroatoms. The number of azo groups is 1. The van der Waals surface area contributed by atoms with Crippen LogP contribution in [-0.2, 0) is 18.9 Å². The zero-order valence-electron chi connectivity index (χ0n) is 16.7. The maximum absolute atomic E-state index is 12.4. The summed E-state index contributed by atoms with van der Waals surface area (Å²) < 4.78 is 22.9. The molecule has 0 saturated carbocycles. The average molecular weight is 398 g/mol. The Morgan fingerprint density at radius 3 is 1.76 bits per heavy atom. The third kappa shape index (κ3) is 5.00. The van der Waals surface area contributed by atoms with Gasteiger partial charge in [0, 0.05) is 28.4 Å². The van der Waals surface area contributed by atoms with Crippen molar-refractivity contribution in [3.8, 4) is 0 Å². The lowest BCUT2D eigenvalue weighted by Crippen LogP contribution is -2.24. The van der Waals surface area contributed by atoms with Crippen LogP contribution in [-0.4, -0.2) is 30.3 Å². The summed E-state index contributed by atoms with van der Waals surface area (Å²) in [6.07, 6.45) is 1.37. The van der Waals surface area contributed by atoms with Gasteiger partial charge in [-0.1, -0.05) is 17.0 Å². The topological polar surface area (TPSA) is 75.4 Å². The van der Waals surface area contributed by atoms with E-state index in [1.54, 1.807) is 24.3 Å². The van der Waals surface area contributed by atoms with E-state index in [1.807, 2.05) is 38.1 Å². The summed E-state index contributed by atoms with van der Waals surface area (Å²) in [6, 6.07) is 14.4. The molecule has 2 fully saturated rings. The molecule has 2 saturated heterocycles. The Morgan fingerprint density at radius 1 is 0.793 bits per heavy atom. The second kappa shape index (κ2) is 9.00. The van der Waals surface area contributed by atoms with Crippen LogP contribution in [0.25, 0.3) is 0 Å². The molecule has 2 aromatic carbocycles. The van der Waals surface area contributed by atoms with E-state index in [-0.39, 0.29) is 24.8 Å². The van der Waals surface area contributed by atoms with Gasteiger partial charge in [-0.25, -0.2) is 0 Å². The van der Waals surface area contributed by atoms with Crippen molar-refractivity contribution in [1.29, 1.82) is 0 Å².